The summed E-state index contributed by atoms with van der Waals surface area (Å²) in [5, 5.41) is 0. The molecule has 0 aliphatic heterocycles. The Hall–Kier alpha value is -0.483. The van der Waals surface area contributed by atoms with Crippen LogP contribution in [0.4, 0.5) is 0 Å². The number of hydrogen-bond acceptors (Lipinski definition) is 3. The SMILES string of the molecule is CC(C)C(=O)CC(=O)C(C)(C)O[SiH3]. The van der Waals surface area contributed by atoms with Crippen LogP contribution in [-0.2, 0) is 14.0 Å². The highest BCUT2D eigenvalue weighted by Crippen LogP contribution is 2.12. The molecule has 4 heteroatoms. The van der Waals surface area contributed by atoms with Crippen LogP contribution in [0.3, 0.4) is 0 Å². The molecule has 0 aliphatic carbocycles. The van der Waals surface area contributed by atoms with Crippen LogP contribution < -0.4 is 0 Å². The molecule has 0 bridgehead atoms. The lowest BCUT2D eigenvalue weighted by atomic mass is 9.95. The molecule has 0 aliphatic rings. The topological polar surface area (TPSA) is 43.4 Å². The van der Waals surface area contributed by atoms with E-state index < -0.39 is 5.60 Å². The van der Waals surface area contributed by atoms with Crippen molar-refractivity contribution in [3.8, 4) is 0 Å². The maximum atomic E-state index is 11.5. The number of Topliss-reactive ketones (excluding diaryl/α,β-unsaturated/α-hetero) is 2. The largest absolute Gasteiger partial charge is 0.416 e. The second-order valence-electron chi connectivity index (χ2n) is 3.94. The summed E-state index contributed by atoms with van der Waals surface area (Å²) in [4.78, 5) is 22.7. The molecule has 0 N–H and O–H groups in total. The van der Waals surface area contributed by atoms with Crippen LogP contribution in [-0.4, -0.2) is 27.7 Å². The zero-order chi connectivity index (χ0) is 10.6. The molecule has 0 amide bonds. The van der Waals surface area contributed by atoms with Crippen molar-refractivity contribution < 1.29 is 14.0 Å². The van der Waals surface area contributed by atoms with E-state index in [0.717, 1.165) is 0 Å². The number of rotatable bonds is 5. The molecular formula is C9H18O3Si. The van der Waals surface area contributed by atoms with Crippen LogP contribution in [0.5, 0.6) is 0 Å². The molecule has 0 heterocycles. The van der Waals surface area contributed by atoms with Gasteiger partial charge in [-0.15, -0.1) is 0 Å². The van der Waals surface area contributed by atoms with Crippen LogP contribution in [0.1, 0.15) is 34.1 Å². The highest BCUT2D eigenvalue weighted by atomic mass is 28.2. The molecule has 0 radical (unpaired) electrons. The fourth-order valence-electron chi connectivity index (χ4n) is 0.689. The molecule has 0 unspecified atom stereocenters. The standard InChI is InChI=1S/C9H18O3Si/c1-6(2)7(10)5-8(11)9(3,4)12-13/h6H,5H2,1-4,13H3. The van der Waals surface area contributed by atoms with Gasteiger partial charge in [0.2, 0.25) is 0 Å². The minimum atomic E-state index is -0.781. The van der Waals surface area contributed by atoms with E-state index in [9.17, 15) is 9.59 Å². The Morgan fingerprint density at radius 1 is 1.38 bits per heavy atom. The van der Waals surface area contributed by atoms with Crippen LogP contribution in [0.25, 0.3) is 0 Å². The predicted octanol–water partition coefficient (Wildman–Crippen LogP) is 0.246. The summed E-state index contributed by atoms with van der Waals surface area (Å²) in [7, 11) is 0.510. The summed E-state index contributed by atoms with van der Waals surface area (Å²) in [5.41, 5.74) is -0.781. The van der Waals surface area contributed by atoms with Gasteiger partial charge in [0, 0.05) is 5.92 Å². The second-order valence-corrected chi connectivity index (χ2v) is 4.34. The fourth-order valence-corrected chi connectivity index (χ4v) is 0.917. The van der Waals surface area contributed by atoms with Gasteiger partial charge in [-0.3, -0.25) is 9.59 Å². The van der Waals surface area contributed by atoms with E-state index in [1.165, 1.54) is 0 Å². The van der Waals surface area contributed by atoms with Crippen LogP contribution in [0, 0.1) is 5.92 Å². The van der Waals surface area contributed by atoms with Crippen molar-refractivity contribution in [3.63, 3.8) is 0 Å². The highest BCUT2D eigenvalue weighted by molar-refractivity contribution is 6.06. The zero-order valence-corrected chi connectivity index (χ0v) is 11.0. The third kappa shape index (κ3) is 3.82. The molecule has 0 fully saturated rings. The summed E-state index contributed by atoms with van der Waals surface area (Å²) >= 11 is 0. The first-order chi connectivity index (χ1) is 5.81. The fraction of sp³-hybridized carbons (Fsp3) is 0.778. The Morgan fingerprint density at radius 2 is 1.85 bits per heavy atom. The monoisotopic (exact) mass is 202 g/mol. The van der Waals surface area contributed by atoms with Crippen molar-refractivity contribution in [2.45, 2.75) is 39.7 Å². The first-order valence-corrected chi connectivity index (χ1v) is 5.24. The maximum absolute atomic E-state index is 11.5. The first-order valence-electron chi connectivity index (χ1n) is 4.42. The van der Waals surface area contributed by atoms with Crippen molar-refractivity contribution in [3.05, 3.63) is 0 Å². The van der Waals surface area contributed by atoms with Crippen LogP contribution in [0.15, 0.2) is 0 Å². The molecule has 0 spiro atoms. The normalized spacial score (nSPS) is 12.1. The number of ketones is 2. The minimum absolute atomic E-state index is 0.00704. The van der Waals surface area contributed by atoms with Gasteiger partial charge in [-0.1, -0.05) is 13.8 Å². The molecule has 0 saturated carbocycles. The van der Waals surface area contributed by atoms with Crippen molar-refractivity contribution in [1.82, 2.24) is 0 Å². The van der Waals surface area contributed by atoms with Gasteiger partial charge in [0.25, 0.3) is 0 Å². The molecule has 0 aromatic carbocycles. The van der Waals surface area contributed by atoms with Crippen molar-refractivity contribution in [2.24, 2.45) is 5.92 Å². The van der Waals surface area contributed by atoms with Gasteiger partial charge < -0.3 is 4.43 Å². The average Bonchev–Trinajstić information content (AvgIpc) is 2.04. The average molecular weight is 202 g/mol. The zero-order valence-electron chi connectivity index (χ0n) is 9.01. The maximum Gasteiger partial charge on any atom is 0.170 e. The van der Waals surface area contributed by atoms with E-state index >= 15 is 0 Å². The Balaban J connectivity index is 4.24. The van der Waals surface area contributed by atoms with Gasteiger partial charge in [-0.25, -0.2) is 0 Å². The Kier molecular flexibility index (Phi) is 4.50. The molecule has 3 nitrogen and oxygen atoms in total. The number of carbonyl (C=O) groups excluding carboxylic acids is 2. The van der Waals surface area contributed by atoms with E-state index in [2.05, 4.69) is 0 Å². The molecule has 0 atom stereocenters. The molecule has 0 saturated heterocycles. The summed E-state index contributed by atoms with van der Waals surface area (Å²) in [5.74, 6) is -0.216. The third-order valence-electron chi connectivity index (χ3n) is 2.16. The molecule has 13 heavy (non-hydrogen) atoms. The van der Waals surface area contributed by atoms with E-state index in [1.54, 1.807) is 27.7 Å². The van der Waals surface area contributed by atoms with Gasteiger partial charge >= 0.3 is 0 Å². The molecule has 76 valence electrons. The molecule has 0 rings (SSSR count). The van der Waals surface area contributed by atoms with Crippen molar-refractivity contribution >= 4 is 22.1 Å². The van der Waals surface area contributed by atoms with Gasteiger partial charge in [-0.2, -0.15) is 0 Å². The van der Waals surface area contributed by atoms with Crippen LogP contribution in [0.2, 0.25) is 0 Å². The van der Waals surface area contributed by atoms with Gasteiger partial charge in [0.1, 0.15) is 21.9 Å². The molecule has 0 aromatic rings. The van der Waals surface area contributed by atoms with Crippen LogP contribution >= 0.6 is 0 Å². The molecular weight excluding hydrogens is 184 g/mol. The highest BCUT2D eigenvalue weighted by Gasteiger charge is 2.28. The summed E-state index contributed by atoms with van der Waals surface area (Å²) < 4.78 is 5.12. The van der Waals surface area contributed by atoms with E-state index in [0.29, 0.717) is 10.5 Å². The third-order valence-corrected chi connectivity index (χ3v) is 3.18. The van der Waals surface area contributed by atoms with E-state index in [1.807, 2.05) is 0 Å². The Labute approximate surface area is 82.4 Å². The Bertz CT molecular complexity index is 209. The van der Waals surface area contributed by atoms with E-state index in [-0.39, 0.29) is 23.9 Å². The number of hydrogen-bond donors (Lipinski definition) is 0. The smallest absolute Gasteiger partial charge is 0.170 e. The van der Waals surface area contributed by atoms with Gasteiger partial charge in [-0.05, 0) is 13.8 Å². The summed E-state index contributed by atoms with van der Waals surface area (Å²) in [6, 6.07) is 0. The second kappa shape index (κ2) is 4.67. The van der Waals surface area contributed by atoms with Crippen molar-refractivity contribution in [2.75, 3.05) is 0 Å². The molecule has 0 aromatic heterocycles. The van der Waals surface area contributed by atoms with Crippen molar-refractivity contribution in [1.29, 1.82) is 0 Å². The lowest BCUT2D eigenvalue weighted by Gasteiger charge is -2.21. The lowest BCUT2D eigenvalue weighted by molar-refractivity contribution is -0.136. The Morgan fingerprint density at radius 3 is 2.15 bits per heavy atom. The number of carbonyl (C=O) groups is 2. The van der Waals surface area contributed by atoms with Gasteiger partial charge in [0.15, 0.2) is 5.78 Å². The first kappa shape index (κ1) is 12.5. The lowest BCUT2D eigenvalue weighted by Crippen LogP contribution is -2.36. The summed E-state index contributed by atoms with van der Waals surface area (Å²) in [6.45, 7) is 7.00. The van der Waals surface area contributed by atoms with Gasteiger partial charge in [0.05, 0.1) is 6.42 Å². The predicted molar refractivity (Wildman–Crippen MR) is 54.6 cm³/mol. The minimum Gasteiger partial charge on any atom is -0.416 e. The summed E-state index contributed by atoms with van der Waals surface area (Å²) in [6.07, 6.45) is -0.00704. The van der Waals surface area contributed by atoms with E-state index in [4.69, 9.17) is 4.43 Å². The quantitative estimate of drug-likeness (QED) is 0.474.